The van der Waals surface area contributed by atoms with E-state index >= 15 is 0 Å². The van der Waals surface area contributed by atoms with E-state index in [4.69, 9.17) is 12.2 Å². The lowest BCUT2D eigenvalue weighted by molar-refractivity contribution is -0.122. The third-order valence-corrected chi connectivity index (χ3v) is 4.77. The minimum atomic E-state index is 0.0340. The van der Waals surface area contributed by atoms with Gasteiger partial charge in [0.25, 0.3) is 5.91 Å². The van der Waals surface area contributed by atoms with E-state index in [2.05, 4.69) is 45.0 Å². The molecular formula is C17H21NOS2. The van der Waals surface area contributed by atoms with Gasteiger partial charge in [-0.3, -0.25) is 9.69 Å². The highest BCUT2D eigenvalue weighted by Crippen LogP contribution is 2.33. The number of hydrogen-bond acceptors (Lipinski definition) is 3. The van der Waals surface area contributed by atoms with Gasteiger partial charge in [-0.05, 0) is 29.0 Å². The van der Waals surface area contributed by atoms with Crippen molar-refractivity contribution in [3.05, 3.63) is 40.3 Å². The van der Waals surface area contributed by atoms with Crippen molar-refractivity contribution in [2.45, 2.75) is 39.5 Å². The average molecular weight is 319 g/mol. The summed E-state index contributed by atoms with van der Waals surface area (Å²) in [4.78, 5) is 14.7. The predicted molar refractivity (Wildman–Crippen MR) is 95.3 cm³/mol. The third kappa shape index (κ3) is 3.74. The number of nitrogens with zero attached hydrogens (tertiary/aromatic N) is 1. The van der Waals surface area contributed by atoms with Gasteiger partial charge in [0.2, 0.25) is 0 Å². The van der Waals surface area contributed by atoms with E-state index in [0.717, 1.165) is 16.9 Å². The molecule has 1 amide bonds. The van der Waals surface area contributed by atoms with Crippen molar-refractivity contribution in [2.75, 3.05) is 6.54 Å². The Morgan fingerprint density at radius 3 is 2.38 bits per heavy atom. The first-order valence-electron chi connectivity index (χ1n) is 7.19. The molecule has 1 aromatic rings. The lowest BCUT2D eigenvalue weighted by Crippen LogP contribution is -2.28. The van der Waals surface area contributed by atoms with E-state index < -0.39 is 0 Å². The molecule has 0 bridgehead atoms. The highest BCUT2D eigenvalue weighted by atomic mass is 32.2. The van der Waals surface area contributed by atoms with Crippen LogP contribution < -0.4 is 0 Å². The normalized spacial score (nSPS) is 17.9. The fourth-order valence-electron chi connectivity index (χ4n) is 2.15. The van der Waals surface area contributed by atoms with Crippen LogP contribution in [0.4, 0.5) is 0 Å². The smallest absolute Gasteiger partial charge is 0.266 e. The van der Waals surface area contributed by atoms with Crippen molar-refractivity contribution in [3.8, 4) is 0 Å². The number of thiocarbonyl (C=S) groups is 1. The first-order chi connectivity index (χ1) is 9.82. The highest BCUT2D eigenvalue weighted by molar-refractivity contribution is 8.26. The molecule has 1 heterocycles. The second-order valence-corrected chi connectivity index (χ2v) is 7.88. The number of amides is 1. The molecule has 1 aliphatic heterocycles. The first kappa shape index (κ1) is 16.2. The first-order valence-corrected chi connectivity index (χ1v) is 8.41. The standard InChI is InChI=1S/C17H21NOS2/c1-5-10-18-15(19)14(21-16(18)20)11-12-6-8-13(9-7-12)17(2,3)4/h6-9,11H,5,10H2,1-4H3/b14-11+. The number of thioether (sulfide) groups is 1. The average Bonchev–Trinajstić information content (AvgIpc) is 2.66. The summed E-state index contributed by atoms with van der Waals surface area (Å²) in [5.74, 6) is 0.0340. The number of carbonyl (C=O) groups excluding carboxylic acids is 1. The summed E-state index contributed by atoms with van der Waals surface area (Å²) in [6.45, 7) is 9.33. The van der Waals surface area contributed by atoms with Crippen LogP contribution in [0.15, 0.2) is 29.2 Å². The molecule has 1 aromatic carbocycles. The summed E-state index contributed by atoms with van der Waals surface area (Å²) in [6.07, 6.45) is 2.85. The number of carbonyl (C=O) groups is 1. The lowest BCUT2D eigenvalue weighted by atomic mass is 9.87. The van der Waals surface area contributed by atoms with Crippen LogP contribution in [-0.2, 0) is 10.2 Å². The molecule has 0 atom stereocenters. The summed E-state index contributed by atoms with van der Waals surface area (Å²) in [5.41, 5.74) is 2.47. The molecule has 21 heavy (non-hydrogen) atoms. The van der Waals surface area contributed by atoms with E-state index in [1.54, 1.807) is 4.90 Å². The summed E-state index contributed by atoms with van der Waals surface area (Å²) in [7, 11) is 0. The van der Waals surface area contributed by atoms with Crippen molar-refractivity contribution in [2.24, 2.45) is 0 Å². The second kappa shape index (κ2) is 6.32. The maximum Gasteiger partial charge on any atom is 0.266 e. The Morgan fingerprint density at radius 2 is 1.86 bits per heavy atom. The van der Waals surface area contributed by atoms with Crippen molar-refractivity contribution in [1.82, 2.24) is 4.90 Å². The zero-order chi connectivity index (χ0) is 15.6. The summed E-state index contributed by atoms with van der Waals surface area (Å²) < 4.78 is 0.666. The van der Waals surface area contributed by atoms with Gasteiger partial charge in [-0.15, -0.1) is 0 Å². The van der Waals surface area contributed by atoms with Crippen LogP contribution in [0.5, 0.6) is 0 Å². The van der Waals surface area contributed by atoms with Gasteiger partial charge in [0.05, 0.1) is 4.91 Å². The van der Waals surface area contributed by atoms with Gasteiger partial charge in [-0.25, -0.2) is 0 Å². The van der Waals surface area contributed by atoms with E-state index in [1.807, 2.05) is 13.0 Å². The predicted octanol–water partition coefficient (Wildman–Crippen LogP) is 4.60. The molecule has 0 unspecified atom stereocenters. The molecule has 0 radical (unpaired) electrons. The number of hydrogen-bond donors (Lipinski definition) is 0. The van der Waals surface area contributed by atoms with Crippen LogP contribution in [0, 0.1) is 0 Å². The van der Waals surface area contributed by atoms with E-state index in [-0.39, 0.29) is 11.3 Å². The van der Waals surface area contributed by atoms with Gasteiger partial charge in [0.1, 0.15) is 4.32 Å². The van der Waals surface area contributed by atoms with Crippen LogP contribution in [0.1, 0.15) is 45.2 Å². The van der Waals surface area contributed by atoms with Crippen LogP contribution in [0.25, 0.3) is 6.08 Å². The molecule has 0 saturated carbocycles. The topological polar surface area (TPSA) is 20.3 Å². The Hall–Kier alpha value is -1.13. The monoisotopic (exact) mass is 319 g/mol. The van der Waals surface area contributed by atoms with Crippen molar-refractivity contribution < 1.29 is 4.79 Å². The van der Waals surface area contributed by atoms with Crippen LogP contribution in [0.3, 0.4) is 0 Å². The maximum atomic E-state index is 12.3. The molecule has 112 valence electrons. The van der Waals surface area contributed by atoms with Crippen LogP contribution in [-0.4, -0.2) is 21.7 Å². The quantitative estimate of drug-likeness (QED) is 0.600. The number of rotatable bonds is 3. The van der Waals surface area contributed by atoms with Crippen LogP contribution >= 0.6 is 24.0 Å². The molecule has 1 saturated heterocycles. The van der Waals surface area contributed by atoms with E-state index in [0.29, 0.717) is 10.9 Å². The molecule has 2 nitrogen and oxygen atoms in total. The van der Waals surface area contributed by atoms with Gasteiger partial charge < -0.3 is 0 Å². The SMILES string of the molecule is CCCN1C(=O)/C(=C\c2ccc(C(C)(C)C)cc2)SC1=S. The Bertz CT molecular complexity index is 582. The Morgan fingerprint density at radius 1 is 1.24 bits per heavy atom. The lowest BCUT2D eigenvalue weighted by Gasteiger charge is -2.18. The van der Waals surface area contributed by atoms with Crippen molar-refractivity contribution in [3.63, 3.8) is 0 Å². The second-order valence-electron chi connectivity index (χ2n) is 6.21. The fraction of sp³-hybridized carbons (Fsp3) is 0.412. The summed E-state index contributed by atoms with van der Waals surface area (Å²) >= 11 is 6.67. The zero-order valence-electron chi connectivity index (χ0n) is 13.0. The Balaban J connectivity index is 2.21. The summed E-state index contributed by atoms with van der Waals surface area (Å²) in [5, 5.41) is 0. The minimum absolute atomic E-state index is 0.0340. The van der Waals surface area contributed by atoms with E-state index in [1.165, 1.54) is 17.3 Å². The Labute approximate surface area is 136 Å². The van der Waals surface area contributed by atoms with Gasteiger partial charge in [0.15, 0.2) is 0 Å². The molecule has 2 rings (SSSR count). The molecule has 4 heteroatoms. The largest absolute Gasteiger partial charge is 0.293 e. The van der Waals surface area contributed by atoms with Crippen molar-refractivity contribution in [1.29, 1.82) is 0 Å². The Kier molecular flexibility index (Phi) is 4.89. The number of benzene rings is 1. The molecule has 0 spiro atoms. The van der Waals surface area contributed by atoms with Gasteiger partial charge in [0, 0.05) is 6.54 Å². The van der Waals surface area contributed by atoms with Crippen LogP contribution in [0.2, 0.25) is 0 Å². The van der Waals surface area contributed by atoms with Gasteiger partial charge in [-0.2, -0.15) is 0 Å². The summed E-state index contributed by atoms with van der Waals surface area (Å²) in [6, 6.07) is 8.37. The minimum Gasteiger partial charge on any atom is -0.293 e. The zero-order valence-corrected chi connectivity index (χ0v) is 14.6. The molecule has 0 N–H and O–H groups in total. The molecular weight excluding hydrogens is 298 g/mol. The molecule has 0 aromatic heterocycles. The molecule has 1 fully saturated rings. The van der Waals surface area contributed by atoms with Gasteiger partial charge >= 0.3 is 0 Å². The third-order valence-electron chi connectivity index (χ3n) is 3.40. The molecule has 0 aliphatic carbocycles. The van der Waals surface area contributed by atoms with Gasteiger partial charge in [-0.1, -0.05) is 75.9 Å². The van der Waals surface area contributed by atoms with E-state index in [9.17, 15) is 4.79 Å². The molecule has 1 aliphatic rings. The highest BCUT2D eigenvalue weighted by Gasteiger charge is 2.31. The maximum absolute atomic E-state index is 12.3. The fourth-order valence-corrected chi connectivity index (χ4v) is 3.46. The van der Waals surface area contributed by atoms with Crippen molar-refractivity contribution >= 4 is 40.3 Å².